The van der Waals surface area contributed by atoms with E-state index in [2.05, 4.69) is 4.90 Å². The number of rotatable bonds is 7. The topological polar surface area (TPSA) is 125 Å². The summed E-state index contributed by atoms with van der Waals surface area (Å²) in [6.45, 7) is 2.33. The van der Waals surface area contributed by atoms with E-state index in [1.54, 1.807) is 0 Å². The van der Waals surface area contributed by atoms with Crippen molar-refractivity contribution in [2.24, 2.45) is 0 Å². The summed E-state index contributed by atoms with van der Waals surface area (Å²) in [7, 11) is 0. The summed E-state index contributed by atoms with van der Waals surface area (Å²) in [6, 6.07) is 22.7. The highest BCUT2D eigenvalue weighted by Gasteiger charge is 2.47. The van der Waals surface area contributed by atoms with Crippen molar-refractivity contribution in [1.29, 1.82) is 0 Å². The second-order valence-electron chi connectivity index (χ2n) is 8.99. The molecule has 2 saturated heterocycles. The summed E-state index contributed by atoms with van der Waals surface area (Å²) in [4.78, 5) is 24.4. The Hall–Kier alpha value is -3.90. The van der Waals surface area contributed by atoms with Crippen LogP contribution in [0.15, 0.2) is 78.9 Å². The second kappa shape index (κ2) is 10.6. The molecule has 5 rings (SSSR count). The van der Waals surface area contributed by atoms with Gasteiger partial charge >= 0.3 is 5.69 Å². The predicted octanol–water partition coefficient (Wildman–Crippen LogP) is 4.02. The third-order valence-corrected chi connectivity index (χ3v) is 6.82. The number of benzene rings is 3. The van der Waals surface area contributed by atoms with Gasteiger partial charge in [-0.05, 0) is 17.2 Å². The number of morpholine rings is 1. The van der Waals surface area contributed by atoms with Gasteiger partial charge in [0.25, 0.3) is 5.69 Å². The molecule has 3 aromatic rings. The normalized spacial score (nSPS) is 21.6. The minimum absolute atomic E-state index is 0.0933. The van der Waals surface area contributed by atoms with Crippen molar-refractivity contribution in [3.63, 3.8) is 0 Å². The number of nitro groups is 2. The summed E-state index contributed by atoms with van der Waals surface area (Å²) < 4.78 is 5.60. The molecular formula is C26H27N5O6. The number of aliphatic hydroxyl groups is 1. The largest absolute Gasteiger partial charge is 0.379 e. The molecule has 37 heavy (non-hydrogen) atoms. The summed E-state index contributed by atoms with van der Waals surface area (Å²) >= 11 is 0. The van der Waals surface area contributed by atoms with Crippen molar-refractivity contribution in [2.45, 2.75) is 24.9 Å². The van der Waals surface area contributed by atoms with Gasteiger partial charge in [-0.15, -0.1) is 0 Å². The zero-order valence-electron chi connectivity index (χ0n) is 20.0. The Morgan fingerprint density at radius 2 is 1.54 bits per heavy atom. The number of aliphatic hydroxyl groups excluding tert-OH is 1. The Bertz CT molecular complexity index is 1250. The van der Waals surface area contributed by atoms with Crippen LogP contribution in [0.5, 0.6) is 0 Å². The average molecular weight is 506 g/mol. The fraction of sp³-hybridized carbons (Fsp3) is 0.308. The first-order chi connectivity index (χ1) is 18.0. The molecule has 0 saturated carbocycles. The number of ether oxygens (including phenoxy) is 1. The van der Waals surface area contributed by atoms with Gasteiger partial charge < -0.3 is 9.84 Å². The number of anilines is 1. The lowest BCUT2D eigenvalue weighted by atomic mass is 10.0. The van der Waals surface area contributed by atoms with Crippen molar-refractivity contribution in [3.8, 4) is 0 Å². The smallest absolute Gasteiger partial charge is 0.300 e. The lowest BCUT2D eigenvalue weighted by Gasteiger charge is -2.46. The molecule has 2 aliphatic heterocycles. The highest BCUT2D eigenvalue weighted by atomic mass is 16.6. The number of nitrogens with zero attached hydrogens (tertiary/aromatic N) is 5. The number of non-ortho nitro benzene ring substituents is 1. The van der Waals surface area contributed by atoms with Gasteiger partial charge in [-0.2, -0.15) is 5.01 Å². The van der Waals surface area contributed by atoms with Gasteiger partial charge in [-0.25, -0.2) is 0 Å². The van der Waals surface area contributed by atoms with Gasteiger partial charge in [-0.3, -0.25) is 30.1 Å². The first kappa shape index (κ1) is 24.8. The van der Waals surface area contributed by atoms with Crippen molar-refractivity contribution >= 4 is 17.1 Å². The van der Waals surface area contributed by atoms with Crippen LogP contribution in [0.2, 0.25) is 0 Å². The average Bonchev–Trinajstić information content (AvgIpc) is 3.26. The Labute approximate surface area is 213 Å². The SMILES string of the molecule is O=[N+]([O-])c1ccc(N2C(O)CC(c3ccccc3)N2C(c2ccccc2)N2CCOCC2)c([N+](=O)[O-])c1. The Balaban J connectivity index is 1.70. The number of nitro benzene ring substituents is 2. The molecule has 3 aromatic carbocycles. The molecule has 2 aliphatic rings. The van der Waals surface area contributed by atoms with Crippen LogP contribution >= 0.6 is 0 Å². The molecule has 0 spiro atoms. The second-order valence-corrected chi connectivity index (χ2v) is 8.99. The lowest BCUT2D eigenvalue weighted by Crippen LogP contribution is -2.52. The molecule has 2 fully saturated rings. The molecular weight excluding hydrogens is 478 g/mol. The predicted molar refractivity (Wildman–Crippen MR) is 135 cm³/mol. The van der Waals surface area contributed by atoms with E-state index in [4.69, 9.17) is 4.74 Å². The maximum absolute atomic E-state index is 12.1. The highest BCUT2D eigenvalue weighted by molar-refractivity contribution is 5.67. The molecule has 3 unspecified atom stereocenters. The van der Waals surface area contributed by atoms with Gasteiger partial charge in [0.15, 0.2) is 0 Å². The molecule has 1 N–H and O–H groups in total. The Morgan fingerprint density at radius 1 is 0.892 bits per heavy atom. The van der Waals surface area contributed by atoms with Gasteiger partial charge in [0.2, 0.25) is 0 Å². The van der Waals surface area contributed by atoms with Crippen LogP contribution in [0.1, 0.15) is 29.8 Å². The molecule has 0 amide bonds. The van der Waals surface area contributed by atoms with Crippen LogP contribution in [0.3, 0.4) is 0 Å². The van der Waals surface area contributed by atoms with Crippen molar-refractivity contribution in [1.82, 2.24) is 9.91 Å². The molecule has 3 atom stereocenters. The van der Waals surface area contributed by atoms with Gasteiger partial charge in [-0.1, -0.05) is 60.7 Å². The van der Waals surface area contributed by atoms with Gasteiger partial charge in [0.1, 0.15) is 18.1 Å². The molecule has 0 aromatic heterocycles. The molecule has 0 aliphatic carbocycles. The lowest BCUT2D eigenvalue weighted by molar-refractivity contribution is -0.393. The highest BCUT2D eigenvalue weighted by Crippen LogP contribution is 2.47. The quantitative estimate of drug-likeness (QED) is 0.374. The summed E-state index contributed by atoms with van der Waals surface area (Å²) in [5.74, 6) is 0. The standard InChI is InChI=1S/C26H27N5O6/c32-25-18-23(19-7-3-1-4-8-19)29(26(20-9-5-2-6-10-20)27-13-15-37-16-14-27)28(25)22-12-11-21(30(33)34)17-24(22)31(35)36/h1-12,17,23,25-26,32H,13-16,18H2. The number of hydrazine groups is 1. The maximum atomic E-state index is 12.1. The fourth-order valence-corrected chi connectivity index (χ4v) is 5.19. The van der Waals surface area contributed by atoms with Crippen molar-refractivity contribution < 1.29 is 19.7 Å². The summed E-state index contributed by atoms with van der Waals surface area (Å²) in [5, 5.41) is 38.4. The van der Waals surface area contributed by atoms with Crippen molar-refractivity contribution in [2.75, 3.05) is 31.3 Å². The van der Waals surface area contributed by atoms with Crippen LogP contribution in [-0.4, -0.2) is 57.4 Å². The molecule has 2 heterocycles. The minimum atomic E-state index is -1.10. The van der Waals surface area contributed by atoms with Gasteiger partial charge in [0.05, 0.1) is 35.2 Å². The van der Waals surface area contributed by atoms with Crippen molar-refractivity contribution in [3.05, 3.63) is 110 Å². The van der Waals surface area contributed by atoms with E-state index in [0.717, 1.165) is 17.2 Å². The van der Waals surface area contributed by atoms with Crippen LogP contribution < -0.4 is 5.01 Å². The summed E-state index contributed by atoms with van der Waals surface area (Å²) in [5.41, 5.74) is 1.16. The first-order valence-corrected chi connectivity index (χ1v) is 12.1. The van der Waals surface area contributed by atoms with Crippen LogP contribution in [0.25, 0.3) is 0 Å². The third kappa shape index (κ3) is 4.89. The van der Waals surface area contributed by atoms with E-state index >= 15 is 0 Å². The Morgan fingerprint density at radius 3 is 2.16 bits per heavy atom. The maximum Gasteiger partial charge on any atom is 0.300 e. The van der Waals surface area contributed by atoms with E-state index in [1.165, 1.54) is 17.1 Å². The third-order valence-electron chi connectivity index (χ3n) is 6.82. The van der Waals surface area contributed by atoms with E-state index in [0.29, 0.717) is 26.3 Å². The molecule has 11 heteroatoms. The van der Waals surface area contributed by atoms with Crippen LogP contribution in [-0.2, 0) is 4.74 Å². The van der Waals surface area contributed by atoms with Crippen LogP contribution in [0, 0.1) is 20.2 Å². The summed E-state index contributed by atoms with van der Waals surface area (Å²) in [6.07, 6.45) is -1.20. The van der Waals surface area contributed by atoms with E-state index < -0.39 is 21.8 Å². The number of hydrogen-bond donors (Lipinski definition) is 1. The first-order valence-electron chi connectivity index (χ1n) is 12.1. The fourth-order valence-electron chi connectivity index (χ4n) is 5.19. The zero-order valence-corrected chi connectivity index (χ0v) is 20.0. The van der Waals surface area contributed by atoms with E-state index in [-0.39, 0.29) is 30.0 Å². The number of hydrogen-bond acceptors (Lipinski definition) is 9. The molecule has 11 nitrogen and oxygen atoms in total. The van der Waals surface area contributed by atoms with Gasteiger partial charge in [0, 0.05) is 25.6 Å². The molecule has 192 valence electrons. The Kier molecular flexibility index (Phi) is 7.10. The van der Waals surface area contributed by atoms with E-state index in [1.807, 2.05) is 65.7 Å². The van der Waals surface area contributed by atoms with Crippen LogP contribution in [0.4, 0.5) is 17.1 Å². The monoisotopic (exact) mass is 505 g/mol. The minimum Gasteiger partial charge on any atom is -0.379 e. The molecule has 0 radical (unpaired) electrons. The van der Waals surface area contributed by atoms with E-state index in [9.17, 15) is 25.3 Å². The zero-order chi connectivity index (χ0) is 25.9. The molecule has 0 bridgehead atoms.